The standard InChI is InChI=1S/C18H19ClN2O4S/c1-4-13(22)21-17-14(18(24)25-5-2)10(3)15(26-17)16(23)20-12-8-6-11(19)7-9-12/h6-9H,4-5H2,1-3H3,(H,20,23)(H,21,22). The number of amides is 2. The molecule has 6 nitrogen and oxygen atoms in total. The van der Waals surface area contributed by atoms with Gasteiger partial charge in [0, 0.05) is 17.1 Å². The van der Waals surface area contributed by atoms with Crippen molar-refractivity contribution in [1.82, 2.24) is 0 Å². The van der Waals surface area contributed by atoms with E-state index in [9.17, 15) is 14.4 Å². The number of rotatable bonds is 6. The Kier molecular flexibility index (Phi) is 6.76. The molecule has 1 aromatic heterocycles. The minimum atomic E-state index is -0.571. The van der Waals surface area contributed by atoms with Gasteiger partial charge in [-0.25, -0.2) is 4.79 Å². The lowest BCUT2D eigenvalue weighted by atomic mass is 10.1. The number of carbonyl (C=O) groups excluding carboxylic acids is 3. The third-order valence-corrected chi connectivity index (χ3v) is 4.97. The fourth-order valence-corrected chi connectivity index (χ4v) is 3.44. The van der Waals surface area contributed by atoms with Crippen LogP contribution in [-0.4, -0.2) is 24.4 Å². The third kappa shape index (κ3) is 4.62. The van der Waals surface area contributed by atoms with Crippen LogP contribution in [0.5, 0.6) is 0 Å². The highest BCUT2D eigenvalue weighted by Gasteiger charge is 2.26. The van der Waals surface area contributed by atoms with Crippen LogP contribution in [0, 0.1) is 6.92 Å². The Bertz CT molecular complexity index is 830. The van der Waals surface area contributed by atoms with Gasteiger partial charge < -0.3 is 15.4 Å². The van der Waals surface area contributed by atoms with Crippen molar-refractivity contribution in [2.24, 2.45) is 0 Å². The number of ether oxygens (including phenoxy) is 1. The molecule has 2 amide bonds. The first-order chi connectivity index (χ1) is 12.4. The van der Waals surface area contributed by atoms with Gasteiger partial charge in [-0.1, -0.05) is 18.5 Å². The Morgan fingerprint density at radius 2 is 1.77 bits per heavy atom. The predicted octanol–water partition coefficient (Wildman–Crippen LogP) is 4.49. The number of carbonyl (C=O) groups is 3. The molecule has 0 fully saturated rings. The van der Waals surface area contributed by atoms with E-state index < -0.39 is 5.97 Å². The van der Waals surface area contributed by atoms with Crippen molar-refractivity contribution in [3.63, 3.8) is 0 Å². The average molecular weight is 395 g/mol. The summed E-state index contributed by atoms with van der Waals surface area (Å²) in [4.78, 5) is 37.0. The lowest BCUT2D eigenvalue weighted by Crippen LogP contribution is -2.14. The van der Waals surface area contributed by atoms with E-state index in [1.54, 1.807) is 45.0 Å². The van der Waals surface area contributed by atoms with Gasteiger partial charge >= 0.3 is 5.97 Å². The normalized spacial score (nSPS) is 10.3. The molecule has 0 radical (unpaired) electrons. The van der Waals surface area contributed by atoms with Gasteiger partial charge in [-0.05, 0) is 43.7 Å². The van der Waals surface area contributed by atoms with E-state index in [0.29, 0.717) is 26.2 Å². The van der Waals surface area contributed by atoms with Gasteiger partial charge in [0.05, 0.1) is 17.0 Å². The van der Waals surface area contributed by atoms with Crippen molar-refractivity contribution in [3.8, 4) is 0 Å². The molecule has 0 aliphatic rings. The summed E-state index contributed by atoms with van der Waals surface area (Å²) in [7, 11) is 0. The van der Waals surface area contributed by atoms with Crippen LogP contribution in [0.25, 0.3) is 0 Å². The van der Waals surface area contributed by atoms with Crippen molar-refractivity contribution < 1.29 is 19.1 Å². The summed E-state index contributed by atoms with van der Waals surface area (Å²) in [5.41, 5.74) is 1.25. The van der Waals surface area contributed by atoms with Crippen LogP contribution in [0.2, 0.25) is 5.02 Å². The van der Waals surface area contributed by atoms with Crippen molar-refractivity contribution in [2.45, 2.75) is 27.2 Å². The first-order valence-corrected chi connectivity index (χ1v) is 9.24. The highest BCUT2D eigenvalue weighted by molar-refractivity contribution is 7.18. The summed E-state index contributed by atoms with van der Waals surface area (Å²) >= 11 is 6.88. The van der Waals surface area contributed by atoms with E-state index in [0.717, 1.165) is 11.3 Å². The molecule has 1 aromatic carbocycles. The second-order valence-electron chi connectivity index (χ2n) is 5.34. The number of anilines is 2. The summed E-state index contributed by atoms with van der Waals surface area (Å²) in [6.07, 6.45) is 0.255. The molecule has 0 bridgehead atoms. The Hall–Kier alpha value is -2.38. The highest BCUT2D eigenvalue weighted by atomic mass is 35.5. The zero-order chi connectivity index (χ0) is 19.3. The smallest absolute Gasteiger partial charge is 0.341 e. The van der Waals surface area contributed by atoms with Gasteiger partial charge in [0.15, 0.2) is 0 Å². The Labute approximate surface area is 160 Å². The number of nitrogens with one attached hydrogen (secondary N) is 2. The quantitative estimate of drug-likeness (QED) is 0.707. The molecule has 138 valence electrons. The largest absolute Gasteiger partial charge is 0.462 e. The molecule has 0 saturated heterocycles. The maximum absolute atomic E-state index is 12.6. The maximum atomic E-state index is 12.6. The van der Waals surface area contributed by atoms with Gasteiger partial charge in [-0.3, -0.25) is 9.59 Å². The molecule has 8 heteroatoms. The van der Waals surface area contributed by atoms with Gasteiger partial charge in [0.2, 0.25) is 5.91 Å². The van der Waals surface area contributed by atoms with E-state index >= 15 is 0 Å². The van der Waals surface area contributed by atoms with Crippen LogP contribution < -0.4 is 10.6 Å². The summed E-state index contributed by atoms with van der Waals surface area (Å²) in [6.45, 7) is 5.24. The van der Waals surface area contributed by atoms with E-state index in [1.165, 1.54) is 0 Å². The van der Waals surface area contributed by atoms with Gasteiger partial charge in [-0.2, -0.15) is 0 Å². The zero-order valence-electron chi connectivity index (χ0n) is 14.6. The van der Waals surface area contributed by atoms with Gasteiger partial charge in [0.1, 0.15) is 5.00 Å². The molecule has 0 aliphatic heterocycles. The third-order valence-electron chi connectivity index (χ3n) is 3.51. The maximum Gasteiger partial charge on any atom is 0.341 e. The molecule has 1 heterocycles. The van der Waals surface area contributed by atoms with Crippen LogP contribution >= 0.6 is 22.9 Å². The van der Waals surface area contributed by atoms with Crippen LogP contribution in [0.15, 0.2) is 24.3 Å². The summed E-state index contributed by atoms with van der Waals surface area (Å²) < 4.78 is 5.06. The molecule has 26 heavy (non-hydrogen) atoms. The fourth-order valence-electron chi connectivity index (χ4n) is 2.20. The zero-order valence-corrected chi connectivity index (χ0v) is 16.2. The van der Waals surface area contributed by atoms with Gasteiger partial charge in [-0.15, -0.1) is 11.3 Å². The van der Waals surface area contributed by atoms with E-state index in [2.05, 4.69) is 10.6 Å². The second kappa shape index (κ2) is 8.82. The minimum Gasteiger partial charge on any atom is -0.462 e. The highest BCUT2D eigenvalue weighted by Crippen LogP contribution is 2.34. The lowest BCUT2D eigenvalue weighted by Gasteiger charge is -2.06. The number of benzene rings is 1. The summed E-state index contributed by atoms with van der Waals surface area (Å²) in [5, 5.41) is 6.29. The monoisotopic (exact) mass is 394 g/mol. The fraction of sp³-hybridized carbons (Fsp3) is 0.278. The molecule has 0 atom stereocenters. The van der Waals surface area contributed by atoms with Crippen molar-refractivity contribution in [1.29, 1.82) is 0 Å². The molecule has 0 aliphatic carbocycles. The van der Waals surface area contributed by atoms with Crippen LogP contribution in [0.1, 0.15) is 45.9 Å². The molecule has 2 N–H and O–H groups in total. The molecule has 0 saturated carbocycles. The number of esters is 1. The number of thiophene rings is 1. The van der Waals surface area contributed by atoms with Crippen molar-refractivity contribution in [3.05, 3.63) is 45.3 Å². The molecule has 0 unspecified atom stereocenters. The first kappa shape index (κ1) is 19.9. The Morgan fingerprint density at radius 1 is 1.12 bits per heavy atom. The molecule has 2 aromatic rings. The lowest BCUT2D eigenvalue weighted by molar-refractivity contribution is -0.115. The Balaban J connectivity index is 2.36. The summed E-state index contributed by atoms with van der Waals surface area (Å²) in [6, 6.07) is 6.68. The van der Waals surface area contributed by atoms with Crippen molar-refractivity contribution >= 4 is 51.4 Å². The van der Waals surface area contributed by atoms with E-state index in [1.807, 2.05) is 0 Å². The SMILES string of the molecule is CCOC(=O)c1c(NC(=O)CC)sc(C(=O)Nc2ccc(Cl)cc2)c1C. The number of halogens is 1. The first-order valence-electron chi connectivity index (χ1n) is 8.04. The molecular weight excluding hydrogens is 376 g/mol. The van der Waals surface area contributed by atoms with E-state index in [-0.39, 0.29) is 30.4 Å². The van der Waals surface area contributed by atoms with Crippen molar-refractivity contribution in [2.75, 3.05) is 17.2 Å². The van der Waals surface area contributed by atoms with Crippen LogP contribution in [-0.2, 0) is 9.53 Å². The van der Waals surface area contributed by atoms with Gasteiger partial charge in [0.25, 0.3) is 5.91 Å². The molecular formula is C18H19ClN2O4S. The number of hydrogen-bond donors (Lipinski definition) is 2. The molecule has 0 spiro atoms. The topological polar surface area (TPSA) is 84.5 Å². The minimum absolute atomic E-state index is 0.196. The second-order valence-corrected chi connectivity index (χ2v) is 6.80. The van der Waals surface area contributed by atoms with Crippen LogP contribution in [0.4, 0.5) is 10.7 Å². The number of hydrogen-bond acceptors (Lipinski definition) is 5. The van der Waals surface area contributed by atoms with Crippen LogP contribution in [0.3, 0.4) is 0 Å². The predicted molar refractivity (Wildman–Crippen MR) is 103 cm³/mol. The van der Waals surface area contributed by atoms with E-state index in [4.69, 9.17) is 16.3 Å². The summed E-state index contributed by atoms with van der Waals surface area (Å²) in [5.74, 6) is -1.20. The molecule has 2 rings (SSSR count). The average Bonchev–Trinajstić information content (AvgIpc) is 2.93. The Morgan fingerprint density at radius 3 is 2.35 bits per heavy atom.